The van der Waals surface area contributed by atoms with Crippen molar-refractivity contribution < 1.29 is 13.9 Å². The molecule has 14 heavy (non-hydrogen) atoms. The minimum Gasteiger partial charge on any atom is -0.392 e. The molecule has 0 amide bonds. The first-order valence-corrected chi connectivity index (χ1v) is 5.39. The van der Waals surface area contributed by atoms with Gasteiger partial charge in [-0.1, -0.05) is 0 Å². The Morgan fingerprint density at radius 3 is 2.43 bits per heavy atom. The highest BCUT2D eigenvalue weighted by Gasteiger charge is 2.38. The lowest BCUT2D eigenvalue weighted by atomic mass is 9.80. The first-order valence-electron chi connectivity index (χ1n) is 5.39. The fourth-order valence-corrected chi connectivity index (χ4v) is 2.44. The standard InChI is InChI=1S/C10H17F2NO/c11-10(12)6-4-7(5-6)13-8-2-1-3-9(8)14/h6-10,13-14H,1-5H2. The van der Waals surface area contributed by atoms with Crippen molar-refractivity contribution in [1.82, 2.24) is 5.32 Å². The maximum atomic E-state index is 12.2. The van der Waals surface area contributed by atoms with Crippen LogP contribution in [0.3, 0.4) is 0 Å². The minimum atomic E-state index is -2.17. The van der Waals surface area contributed by atoms with Gasteiger partial charge in [0.1, 0.15) is 0 Å². The smallest absolute Gasteiger partial charge is 0.241 e. The van der Waals surface area contributed by atoms with Crippen LogP contribution in [0.5, 0.6) is 0 Å². The van der Waals surface area contributed by atoms with Gasteiger partial charge in [-0.15, -0.1) is 0 Å². The molecule has 0 radical (unpaired) electrons. The van der Waals surface area contributed by atoms with Crippen LogP contribution in [0.1, 0.15) is 32.1 Å². The quantitative estimate of drug-likeness (QED) is 0.732. The molecule has 2 rings (SSSR count). The second kappa shape index (κ2) is 4.11. The molecule has 0 aliphatic heterocycles. The molecule has 2 atom stereocenters. The van der Waals surface area contributed by atoms with E-state index in [-0.39, 0.29) is 18.2 Å². The molecule has 0 aromatic carbocycles. The Balaban J connectivity index is 1.68. The molecule has 82 valence electrons. The topological polar surface area (TPSA) is 32.3 Å². The van der Waals surface area contributed by atoms with Gasteiger partial charge >= 0.3 is 0 Å². The molecule has 0 saturated heterocycles. The van der Waals surface area contributed by atoms with Gasteiger partial charge in [-0.2, -0.15) is 0 Å². The van der Waals surface area contributed by atoms with Crippen LogP contribution in [0.25, 0.3) is 0 Å². The number of hydrogen-bond acceptors (Lipinski definition) is 2. The second-order valence-corrected chi connectivity index (χ2v) is 4.53. The van der Waals surface area contributed by atoms with Crippen molar-refractivity contribution >= 4 is 0 Å². The van der Waals surface area contributed by atoms with Gasteiger partial charge in [-0.25, -0.2) is 8.78 Å². The predicted molar refractivity (Wildman–Crippen MR) is 49.3 cm³/mol. The van der Waals surface area contributed by atoms with E-state index in [1.807, 2.05) is 0 Å². The third-order valence-electron chi connectivity index (χ3n) is 3.46. The fraction of sp³-hybridized carbons (Fsp3) is 1.00. The molecule has 4 heteroatoms. The summed E-state index contributed by atoms with van der Waals surface area (Å²) in [6, 6.07) is 0.366. The van der Waals surface area contributed by atoms with Crippen molar-refractivity contribution in [2.24, 2.45) is 5.92 Å². The van der Waals surface area contributed by atoms with E-state index < -0.39 is 12.3 Å². The zero-order chi connectivity index (χ0) is 10.1. The predicted octanol–water partition coefficient (Wildman–Crippen LogP) is 1.53. The van der Waals surface area contributed by atoms with Crippen LogP contribution in [0.2, 0.25) is 0 Å². The molecule has 2 aliphatic carbocycles. The summed E-state index contributed by atoms with van der Waals surface area (Å²) in [6.07, 6.45) is 1.59. The minimum absolute atomic E-state index is 0.152. The van der Waals surface area contributed by atoms with Crippen LogP contribution in [0.15, 0.2) is 0 Å². The summed E-state index contributed by atoms with van der Waals surface area (Å²) >= 11 is 0. The van der Waals surface area contributed by atoms with Gasteiger partial charge in [-0.05, 0) is 32.1 Å². The zero-order valence-corrected chi connectivity index (χ0v) is 8.13. The van der Waals surface area contributed by atoms with Crippen molar-refractivity contribution in [3.63, 3.8) is 0 Å². The van der Waals surface area contributed by atoms with E-state index in [0.717, 1.165) is 19.3 Å². The first-order chi connectivity index (χ1) is 6.66. The zero-order valence-electron chi connectivity index (χ0n) is 8.13. The van der Waals surface area contributed by atoms with Crippen LogP contribution >= 0.6 is 0 Å². The van der Waals surface area contributed by atoms with Crippen LogP contribution in [0.4, 0.5) is 8.78 Å². The average molecular weight is 205 g/mol. The normalized spacial score (nSPS) is 42.9. The van der Waals surface area contributed by atoms with Crippen molar-refractivity contribution in [2.45, 2.75) is 56.7 Å². The number of halogens is 2. The Kier molecular flexibility index (Phi) is 3.02. The van der Waals surface area contributed by atoms with Gasteiger partial charge < -0.3 is 10.4 Å². The van der Waals surface area contributed by atoms with E-state index >= 15 is 0 Å². The number of hydrogen-bond donors (Lipinski definition) is 2. The molecule has 2 nitrogen and oxygen atoms in total. The average Bonchev–Trinajstić information content (AvgIpc) is 2.42. The van der Waals surface area contributed by atoms with Gasteiger partial charge in [0.05, 0.1) is 6.10 Å². The van der Waals surface area contributed by atoms with E-state index in [0.29, 0.717) is 12.8 Å². The SMILES string of the molecule is OC1CCCC1NC1CC(C(F)F)C1. The summed E-state index contributed by atoms with van der Waals surface area (Å²) in [4.78, 5) is 0. The summed E-state index contributed by atoms with van der Waals surface area (Å²) in [5.41, 5.74) is 0. The Morgan fingerprint density at radius 2 is 1.93 bits per heavy atom. The van der Waals surface area contributed by atoms with Crippen LogP contribution in [-0.4, -0.2) is 29.7 Å². The van der Waals surface area contributed by atoms with E-state index in [9.17, 15) is 13.9 Å². The number of aliphatic hydroxyl groups excluding tert-OH is 1. The lowest BCUT2D eigenvalue weighted by molar-refractivity contribution is 0.00887. The highest BCUT2D eigenvalue weighted by Crippen LogP contribution is 2.34. The lowest BCUT2D eigenvalue weighted by Gasteiger charge is -2.37. The number of alkyl halides is 2. The number of rotatable bonds is 3. The highest BCUT2D eigenvalue weighted by molar-refractivity contribution is 4.92. The van der Waals surface area contributed by atoms with E-state index in [1.54, 1.807) is 0 Å². The van der Waals surface area contributed by atoms with Crippen molar-refractivity contribution in [1.29, 1.82) is 0 Å². The summed E-state index contributed by atoms with van der Waals surface area (Å²) in [6.45, 7) is 0. The second-order valence-electron chi connectivity index (χ2n) is 4.53. The maximum Gasteiger partial charge on any atom is 0.241 e. The summed E-state index contributed by atoms with van der Waals surface area (Å²) in [7, 11) is 0. The molecule has 2 saturated carbocycles. The van der Waals surface area contributed by atoms with E-state index in [2.05, 4.69) is 5.32 Å². The maximum absolute atomic E-state index is 12.2. The first kappa shape index (κ1) is 10.3. The summed E-state index contributed by atoms with van der Waals surface area (Å²) in [5, 5.41) is 12.8. The largest absolute Gasteiger partial charge is 0.392 e. The van der Waals surface area contributed by atoms with Gasteiger partial charge in [0.25, 0.3) is 0 Å². The molecule has 0 spiro atoms. The van der Waals surface area contributed by atoms with Crippen molar-refractivity contribution in [3.05, 3.63) is 0 Å². The molecular weight excluding hydrogens is 188 g/mol. The molecule has 0 heterocycles. The molecule has 2 fully saturated rings. The van der Waals surface area contributed by atoms with Gasteiger partial charge in [-0.3, -0.25) is 0 Å². The van der Waals surface area contributed by atoms with Crippen molar-refractivity contribution in [2.75, 3.05) is 0 Å². The lowest BCUT2D eigenvalue weighted by Crippen LogP contribution is -2.50. The van der Waals surface area contributed by atoms with Crippen LogP contribution in [0, 0.1) is 5.92 Å². The van der Waals surface area contributed by atoms with E-state index in [1.165, 1.54) is 0 Å². The van der Waals surface area contributed by atoms with E-state index in [4.69, 9.17) is 0 Å². The molecule has 0 aromatic rings. The summed E-state index contributed by atoms with van der Waals surface area (Å²) < 4.78 is 24.3. The molecule has 2 unspecified atom stereocenters. The summed E-state index contributed by atoms with van der Waals surface area (Å²) in [5.74, 6) is -0.411. The molecular formula is C10H17F2NO. The Labute approximate surface area is 82.7 Å². The number of nitrogens with one attached hydrogen (secondary N) is 1. The third-order valence-corrected chi connectivity index (χ3v) is 3.46. The third kappa shape index (κ3) is 2.06. The Morgan fingerprint density at radius 1 is 1.21 bits per heavy atom. The highest BCUT2D eigenvalue weighted by atomic mass is 19.3. The fourth-order valence-electron chi connectivity index (χ4n) is 2.44. The van der Waals surface area contributed by atoms with Crippen LogP contribution in [-0.2, 0) is 0 Å². The molecule has 2 aliphatic rings. The van der Waals surface area contributed by atoms with Gasteiger partial charge in [0.15, 0.2) is 0 Å². The Bertz CT molecular complexity index is 195. The molecule has 2 N–H and O–H groups in total. The van der Waals surface area contributed by atoms with Gasteiger partial charge in [0, 0.05) is 18.0 Å². The Hall–Kier alpha value is -0.220. The number of aliphatic hydroxyl groups is 1. The van der Waals surface area contributed by atoms with Gasteiger partial charge in [0.2, 0.25) is 6.43 Å². The monoisotopic (exact) mass is 205 g/mol. The van der Waals surface area contributed by atoms with Crippen molar-refractivity contribution in [3.8, 4) is 0 Å². The molecule has 0 bridgehead atoms. The molecule has 0 aromatic heterocycles. The van der Waals surface area contributed by atoms with Crippen LogP contribution < -0.4 is 5.32 Å².